The lowest BCUT2D eigenvalue weighted by Crippen LogP contribution is -2.29. The average molecular weight is 407 g/mol. The van der Waals surface area contributed by atoms with Crippen LogP contribution in [0, 0.1) is 5.82 Å². The minimum absolute atomic E-state index is 0.253. The summed E-state index contributed by atoms with van der Waals surface area (Å²) < 4.78 is 15.0. The van der Waals surface area contributed by atoms with Gasteiger partial charge in [-0.05, 0) is 30.3 Å². The zero-order valence-electron chi connectivity index (χ0n) is 14.9. The number of hydrogen-bond donors (Lipinski definition) is 1. The van der Waals surface area contributed by atoms with Crippen molar-refractivity contribution in [1.82, 2.24) is 19.7 Å². The van der Waals surface area contributed by atoms with E-state index < -0.39 is 17.3 Å². The Kier molecular flexibility index (Phi) is 5.21. The summed E-state index contributed by atoms with van der Waals surface area (Å²) in [5.41, 5.74) is 1.65. The molecule has 0 aliphatic rings. The molecule has 0 aliphatic heterocycles. The van der Waals surface area contributed by atoms with Gasteiger partial charge in [-0.3, -0.25) is 14.6 Å². The second kappa shape index (κ2) is 8.11. The van der Waals surface area contributed by atoms with Crippen LogP contribution in [0.5, 0.6) is 0 Å². The maximum atomic E-state index is 14.0. The van der Waals surface area contributed by atoms with Crippen molar-refractivity contribution in [3.05, 3.63) is 82.5 Å². The van der Waals surface area contributed by atoms with E-state index in [0.717, 1.165) is 10.2 Å². The van der Waals surface area contributed by atoms with Gasteiger partial charge >= 0.3 is 0 Å². The van der Waals surface area contributed by atoms with Crippen LogP contribution in [0.15, 0.2) is 71.1 Å². The first-order valence-electron chi connectivity index (χ1n) is 8.59. The molecule has 4 rings (SSSR count). The lowest BCUT2D eigenvalue weighted by Gasteiger charge is -2.07. The van der Waals surface area contributed by atoms with Gasteiger partial charge in [0.05, 0.1) is 11.4 Å². The second-order valence-corrected chi connectivity index (χ2v) is 6.87. The molecule has 7 nitrogen and oxygen atoms in total. The van der Waals surface area contributed by atoms with Crippen molar-refractivity contribution >= 4 is 22.4 Å². The molecule has 0 saturated carbocycles. The van der Waals surface area contributed by atoms with Crippen LogP contribution < -0.4 is 10.9 Å². The summed E-state index contributed by atoms with van der Waals surface area (Å²) in [6.45, 7) is -0.314. The molecular formula is C20H14FN5O2S. The van der Waals surface area contributed by atoms with E-state index in [2.05, 4.69) is 20.4 Å². The van der Waals surface area contributed by atoms with Crippen LogP contribution >= 0.6 is 11.3 Å². The van der Waals surface area contributed by atoms with Gasteiger partial charge in [-0.15, -0.1) is 11.3 Å². The van der Waals surface area contributed by atoms with E-state index in [1.54, 1.807) is 30.6 Å². The second-order valence-electron chi connectivity index (χ2n) is 6.02. The van der Waals surface area contributed by atoms with Gasteiger partial charge in [0.15, 0.2) is 5.13 Å². The Labute approximate surface area is 168 Å². The van der Waals surface area contributed by atoms with Crippen molar-refractivity contribution in [3.63, 3.8) is 0 Å². The first-order valence-corrected chi connectivity index (χ1v) is 9.47. The van der Waals surface area contributed by atoms with Gasteiger partial charge in [0.25, 0.3) is 5.56 Å². The molecule has 0 aliphatic carbocycles. The van der Waals surface area contributed by atoms with Crippen LogP contribution in [0.25, 0.3) is 22.5 Å². The topological polar surface area (TPSA) is 89.8 Å². The predicted octanol–water partition coefficient (Wildman–Crippen LogP) is 3.21. The molecule has 0 fully saturated rings. The number of thiazole rings is 1. The zero-order valence-corrected chi connectivity index (χ0v) is 15.8. The summed E-state index contributed by atoms with van der Waals surface area (Å²) in [7, 11) is 0. The number of pyridine rings is 1. The molecule has 3 aromatic heterocycles. The summed E-state index contributed by atoms with van der Waals surface area (Å²) in [5, 5.41) is 8.99. The van der Waals surface area contributed by atoms with Gasteiger partial charge in [-0.25, -0.2) is 14.1 Å². The summed E-state index contributed by atoms with van der Waals surface area (Å²) in [4.78, 5) is 32.8. The Morgan fingerprint density at radius 2 is 1.86 bits per heavy atom. The van der Waals surface area contributed by atoms with Gasteiger partial charge in [0.2, 0.25) is 5.91 Å². The first kappa shape index (κ1) is 18.6. The number of hydrogen-bond acceptors (Lipinski definition) is 6. The number of amides is 1. The van der Waals surface area contributed by atoms with Crippen molar-refractivity contribution < 1.29 is 9.18 Å². The normalized spacial score (nSPS) is 10.7. The highest BCUT2D eigenvalue weighted by Gasteiger charge is 2.12. The maximum Gasteiger partial charge on any atom is 0.267 e. The third-order valence-corrected chi connectivity index (χ3v) is 4.79. The SMILES string of the molecule is O=C(Cn1nc(-c2ccccc2F)ccc1=O)Nc1nc(-c2ccncc2)cs1. The Balaban J connectivity index is 1.50. The predicted molar refractivity (Wildman–Crippen MR) is 108 cm³/mol. The molecular weight excluding hydrogens is 393 g/mol. The molecule has 0 bridgehead atoms. The highest BCUT2D eigenvalue weighted by molar-refractivity contribution is 7.14. The molecule has 3 heterocycles. The van der Waals surface area contributed by atoms with Crippen molar-refractivity contribution in [2.75, 3.05) is 5.32 Å². The van der Waals surface area contributed by atoms with Crippen molar-refractivity contribution in [2.45, 2.75) is 6.54 Å². The molecule has 1 aromatic carbocycles. The van der Waals surface area contributed by atoms with E-state index in [1.807, 2.05) is 17.5 Å². The number of benzene rings is 1. The Bertz CT molecular complexity index is 1220. The number of carbonyl (C=O) groups is 1. The van der Waals surface area contributed by atoms with Crippen LogP contribution in [0.1, 0.15) is 0 Å². The largest absolute Gasteiger partial charge is 0.300 e. The summed E-state index contributed by atoms with van der Waals surface area (Å²) in [5.74, 6) is -0.915. The van der Waals surface area contributed by atoms with Gasteiger partial charge in [0.1, 0.15) is 12.4 Å². The van der Waals surface area contributed by atoms with Crippen LogP contribution in [-0.4, -0.2) is 25.7 Å². The third kappa shape index (κ3) is 4.25. The number of carbonyl (C=O) groups excluding carboxylic acids is 1. The maximum absolute atomic E-state index is 14.0. The van der Waals surface area contributed by atoms with Crippen LogP contribution in [-0.2, 0) is 11.3 Å². The molecule has 0 atom stereocenters. The minimum atomic E-state index is -0.461. The van der Waals surface area contributed by atoms with Gasteiger partial charge in [-0.2, -0.15) is 5.10 Å². The number of nitrogens with zero attached hydrogens (tertiary/aromatic N) is 4. The van der Waals surface area contributed by atoms with Gasteiger partial charge < -0.3 is 5.32 Å². The lowest BCUT2D eigenvalue weighted by molar-refractivity contribution is -0.117. The van der Waals surface area contributed by atoms with E-state index in [4.69, 9.17) is 0 Å². The van der Waals surface area contributed by atoms with Gasteiger partial charge in [-0.1, -0.05) is 12.1 Å². The molecule has 0 unspecified atom stereocenters. The number of rotatable bonds is 5. The molecule has 9 heteroatoms. The number of halogens is 1. The Morgan fingerprint density at radius 1 is 1.07 bits per heavy atom. The fraction of sp³-hybridized carbons (Fsp3) is 0.0500. The monoisotopic (exact) mass is 407 g/mol. The molecule has 1 amide bonds. The number of anilines is 1. The smallest absolute Gasteiger partial charge is 0.267 e. The highest BCUT2D eigenvalue weighted by Crippen LogP contribution is 2.24. The van der Waals surface area contributed by atoms with Gasteiger partial charge in [0, 0.05) is 35.0 Å². The zero-order chi connectivity index (χ0) is 20.2. The summed E-state index contributed by atoms with van der Waals surface area (Å²) in [6.07, 6.45) is 3.32. The van der Waals surface area contributed by atoms with Crippen molar-refractivity contribution in [2.24, 2.45) is 0 Å². The third-order valence-electron chi connectivity index (χ3n) is 4.04. The van der Waals surface area contributed by atoms with E-state index in [1.165, 1.54) is 29.5 Å². The fourth-order valence-electron chi connectivity index (χ4n) is 2.66. The van der Waals surface area contributed by atoms with Crippen molar-refractivity contribution in [1.29, 1.82) is 0 Å². The standard InChI is InChI=1S/C20H14FN5O2S/c21-15-4-2-1-3-14(15)16-5-6-19(28)26(25-16)11-18(27)24-20-23-17(12-29-20)13-7-9-22-10-8-13/h1-10,12H,11H2,(H,23,24,27). The first-order chi connectivity index (χ1) is 14.1. The van der Waals surface area contributed by atoms with E-state index in [-0.39, 0.29) is 17.8 Å². The van der Waals surface area contributed by atoms with E-state index in [0.29, 0.717) is 10.8 Å². The molecule has 4 aromatic rings. The average Bonchev–Trinajstić information content (AvgIpc) is 3.19. The number of nitrogens with one attached hydrogen (secondary N) is 1. The molecule has 0 spiro atoms. The lowest BCUT2D eigenvalue weighted by atomic mass is 10.1. The Morgan fingerprint density at radius 3 is 2.66 bits per heavy atom. The van der Waals surface area contributed by atoms with Crippen molar-refractivity contribution in [3.8, 4) is 22.5 Å². The van der Waals surface area contributed by atoms with Crippen LogP contribution in [0.3, 0.4) is 0 Å². The molecule has 29 heavy (non-hydrogen) atoms. The minimum Gasteiger partial charge on any atom is -0.300 e. The van der Waals surface area contributed by atoms with E-state index >= 15 is 0 Å². The molecule has 0 saturated heterocycles. The fourth-order valence-corrected chi connectivity index (χ4v) is 3.39. The van der Waals surface area contributed by atoms with Crippen LogP contribution in [0.4, 0.5) is 9.52 Å². The summed E-state index contributed by atoms with van der Waals surface area (Å²) in [6, 6.07) is 12.4. The molecule has 1 N–H and O–H groups in total. The highest BCUT2D eigenvalue weighted by atomic mass is 32.1. The molecule has 0 radical (unpaired) electrons. The molecule has 144 valence electrons. The summed E-state index contributed by atoms with van der Waals surface area (Å²) >= 11 is 1.27. The van der Waals surface area contributed by atoms with Crippen LogP contribution in [0.2, 0.25) is 0 Å². The number of aromatic nitrogens is 4. The van der Waals surface area contributed by atoms with E-state index in [9.17, 15) is 14.0 Å². The quantitative estimate of drug-likeness (QED) is 0.549. The Hall–Kier alpha value is -3.72.